The molecule has 1 saturated heterocycles. The molecule has 20 heavy (non-hydrogen) atoms. The Bertz CT molecular complexity index is 439. The van der Waals surface area contributed by atoms with E-state index in [1.165, 1.54) is 10.2 Å². The SMILES string of the molecule is CCNCC1(Cc2c(Br)c(C)nn2CC)CCOCC1. The minimum Gasteiger partial charge on any atom is -0.381 e. The summed E-state index contributed by atoms with van der Waals surface area (Å²) in [7, 11) is 0. The lowest BCUT2D eigenvalue weighted by molar-refractivity contribution is 0.0141. The molecule has 0 aromatic carbocycles. The zero-order valence-electron chi connectivity index (χ0n) is 12.8. The topological polar surface area (TPSA) is 39.1 Å². The van der Waals surface area contributed by atoms with Crippen LogP contribution >= 0.6 is 15.9 Å². The normalized spacial score (nSPS) is 18.4. The van der Waals surface area contributed by atoms with Crippen LogP contribution in [0.25, 0.3) is 0 Å². The molecule has 1 fully saturated rings. The molecule has 0 saturated carbocycles. The fraction of sp³-hybridized carbons (Fsp3) is 0.800. The number of halogens is 1. The summed E-state index contributed by atoms with van der Waals surface area (Å²) in [4.78, 5) is 0. The van der Waals surface area contributed by atoms with E-state index >= 15 is 0 Å². The molecule has 1 aromatic rings. The number of aromatic nitrogens is 2. The highest BCUT2D eigenvalue weighted by atomic mass is 79.9. The first-order valence-electron chi connectivity index (χ1n) is 7.62. The Balaban J connectivity index is 2.22. The van der Waals surface area contributed by atoms with Crippen LogP contribution in [0.1, 0.15) is 38.1 Å². The molecule has 5 heteroatoms. The van der Waals surface area contributed by atoms with E-state index in [-0.39, 0.29) is 0 Å². The monoisotopic (exact) mass is 343 g/mol. The van der Waals surface area contributed by atoms with E-state index in [4.69, 9.17) is 4.74 Å². The average Bonchev–Trinajstić information content (AvgIpc) is 2.74. The zero-order valence-corrected chi connectivity index (χ0v) is 14.4. The van der Waals surface area contributed by atoms with Gasteiger partial charge in [0, 0.05) is 26.3 Å². The smallest absolute Gasteiger partial charge is 0.0738 e. The maximum absolute atomic E-state index is 5.57. The fourth-order valence-electron chi connectivity index (χ4n) is 3.00. The van der Waals surface area contributed by atoms with Crippen molar-refractivity contribution in [3.63, 3.8) is 0 Å². The van der Waals surface area contributed by atoms with Crippen molar-refractivity contribution in [3.05, 3.63) is 15.9 Å². The summed E-state index contributed by atoms with van der Waals surface area (Å²) in [6.45, 7) is 11.2. The quantitative estimate of drug-likeness (QED) is 0.863. The summed E-state index contributed by atoms with van der Waals surface area (Å²) < 4.78 is 8.90. The van der Waals surface area contributed by atoms with E-state index in [9.17, 15) is 0 Å². The third kappa shape index (κ3) is 3.43. The Morgan fingerprint density at radius 1 is 1.35 bits per heavy atom. The molecule has 0 aliphatic carbocycles. The number of hydrogen-bond acceptors (Lipinski definition) is 3. The minimum atomic E-state index is 0.302. The van der Waals surface area contributed by atoms with E-state index in [1.54, 1.807) is 0 Å². The summed E-state index contributed by atoms with van der Waals surface area (Å²) >= 11 is 3.73. The highest BCUT2D eigenvalue weighted by molar-refractivity contribution is 9.10. The predicted molar refractivity (Wildman–Crippen MR) is 85.1 cm³/mol. The van der Waals surface area contributed by atoms with Crippen LogP contribution in [0.15, 0.2) is 4.47 Å². The number of ether oxygens (including phenoxy) is 1. The molecule has 1 aliphatic rings. The van der Waals surface area contributed by atoms with E-state index in [1.807, 2.05) is 0 Å². The highest BCUT2D eigenvalue weighted by Gasteiger charge is 2.34. The van der Waals surface area contributed by atoms with Gasteiger partial charge in [-0.25, -0.2) is 0 Å². The molecule has 0 atom stereocenters. The standard InChI is InChI=1S/C15H26BrN3O/c1-4-17-11-15(6-8-20-9-7-15)10-13-14(16)12(3)18-19(13)5-2/h17H,4-11H2,1-3H3. The second-order valence-corrected chi connectivity index (χ2v) is 6.52. The second kappa shape index (κ2) is 7.05. The van der Waals surface area contributed by atoms with Gasteiger partial charge in [-0.15, -0.1) is 0 Å². The molecule has 0 bridgehead atoms. The van der Waals surface area contributed by atoms with Gasteiger partial charge >= 0.3 is 0 Å². The molecule has 114 valence electrons. The summed E-state index contributed by atoms with van der Waals surface area (Å²) in [5.41, 5.74) is 2.73. The molecular formula is C15H26BrN3O. The van der Waals surface area contributed by atoms with Gasteiger partial charge in [0.15, 0.2) is 0 Å². The van der Waals surface area contributed by atoms with Crippen LogP contribution in [0.5, 0.6) is 0 Å². The number of nitrogens with zero attached hydrogens (tertiary/aromatic N) is 2. The lowest BCUT2D eigenvalue weighted by Crippen LogP contribution is -2.41. The molecule has 2 heterocycles. The van der Waals surface area contributed by atoms with Crippen molar-refractivity contribution in [2.75, 3.05) is 26.3 Å². The third-order valence-corrected chi connectivity index (χ3v) is 5.33. The molecule has 1 N–H and O–H groups in total. The minimum absolute atomic E-state index is 0.302. The molecule has 1 aliphatic heterocycles. The van der Waals surface area contributed by atoms with Gasteiger partial charge in [0.05, 0.1) is 15.9 Å². The molecule has 1 aromatic heterocycles. The summed E-state index contributed by atoms with van der Waals surface area (Å²) in [5, 5.41) is 8.17. The van der Waals surface area contributed by atoms with Crippen LogP contribution in [0.4, 0.5) is 0 Å². The Kier molecular flexibility index (Phi) is 5.64. The number of rotatable bonds is 6. The predicted octanol–water partition coefficient (Wildman–Crippen LogP) is 2.92. The van der Waals surface area contributed by atoms with E-state index in [2.05, 4.69) is 51.8 Å². The van der Waals surface area contributed by atoms with Crippen LogP contribution in [0.2, 0.25) is 0 Å². The van der Waals surface area contributed by atoms with Crippen LogP contribution < -0.4 is 5.32 Å². The molecular weight excluding hydrogens is 318 g/mol. The Morgan fingerprint density at radius 3 is 2.65 bits per heavy atom. The molecule has 0 unspecified atom stereocenters. The van der Waals surface area contributed by atoms with Crippen molar-refractivity contribution in [3.8, 4) is 0 Å². The van der Waals surface area contributed by atoms with Crippen molar-refractivity contribution in [2.45, 2.75) is 46.6 Å². The van der Waals surface area contributed by atoms with E-state index < -0.39 is 0 Å². The summed E-state index contributed by atoms with van der Waals surface area (Å²) in [5.74, 6) is 0. The van der Waals surface area contributed by atoms with Gasteiger partial charge in [-0.3, -0.25) is 4.68 Å². The maximum Gasteiger partial charge on any atom is 0.0738 e. The molecule has 0 radical (unpaired) electrons. The van der Waals surface area contributed by atoms with Gasteiger partial charge in [0.25, 0.3) is 0 Å². The van der Waals surface area contributed by atoms with Crippen LogP contribution in [-0.4, -0.2) is 36.1 Å². The number of aryl methyl sites for hydroxylation is 2. The van der Waals surface area contributed by atoms with Gasteiger partial charge < -0.3 is 10.1 Å². The van der Waals surface area contributed by atoms with Crippen molar-refractivity contribution >= 4 is 15.9 Å². The molecule has 0 spiro atoms. The Morgan fingerprint density at radius 2 is 2.05 bits per heavy atom. The Hall–Kier alpha value is -0.390. The van der Waals surface area contributed by atoms with Crippen molar-refractivity contribution in [2.24, 2.45) is 5.41 Å². The Labute approximate surface area is 130 Å². The lowest BCUT2D eigenvalue weighted by Gasteiger charge is -2.37. The van der Waals surface area contributed by atoms with Crippen LogP contribution in [-0.2, 0) is 17.7 Å². The molecule has 0 amide bonds. The van der Waals surface area contributed by atoms with Gasteiger partial charge in [-0.2, -0.15) is 5.10 Å². The second-order valence-electron chi connectivity index (χ2n) is 5.73. The highest BCUT2D eigenvalue weighted by Crippen LogP contribution is 2.36. The maximum atomic E-state index is 5.57. The first kappa shape index (κ1) is 16.0. The molecule has 2 rings (SSSR count). The van der Waals surface area contributed by atoms with E-state index in [0.29, 0.717) is 5.41 Å². The lowest BCUT2D eigenvalue weighted by atomic mass is 9.76. The van der Waals surface area contributed by atoms with Crippen LogP contribution in [0, 0.1) is 12.3 Å². The first-order chi connectivity index (χ1) is 9.62. The van der Waals surface area contributed by atoms with Gasteiger partial charge in [-0.1, -0.05) is 6.92 Å². The average molecular weight is 344 g/mol. The first-order valence-corrected chi connectivity index (χ1v) is 8.41. The van der Waals surface area contributed by atoms with Gasteiger partial charge in [-0.05, 0) is 61.0 Å². The number of hydrogen-bond donors (Lipinski definition) is 1. The van der Waals surface area contributed by atoms with Gasteiger partial charge in [0.2, 0.25) is 0 Å². The van der Waals surface area contributed by atoms with Crippen LogP contribution in [0.3, 0.4) is 0 Å². The third-order valence-electron chi connectivity index (χ3n) is 4.30. The van der Waals surface area contributed by atoms with Gasteiger partial charge in [0.1, 0.15) is 0 Å². The van der Waals surface area contributed by atoms with Crippen molar-refractivity contribution in [1.29, 1.82) is 0 Å². The largest absolute Gasteiger partial charge is 0.381 e. The molecule has 4 nitrogen and oxygen atoms in total. The number of nitrogens with one attached hydrogen (secondary N) is 1. The zero-order chi connectivity index (χ0) is 14.6. The van der Waals surface area contributed by atoms with E-state index in [0.717, 1.165) is 57.8 Å². The summed E-state index contributed by atoms with van der Waals surface area (Å²) in [6, 6.07) is 0. The summed E-state index contributed by atoms with van der Waals surface area (Å²) in [6.07, 6.45) is 3.32. The fourth-order valence-corrected chi connectivity index (χ4v) is 3.43. The van der Waals surface area contributed by atoms with Crippen molar-refractivity contribution < 1.29 is 4.74 Å². The van der Waals surface area contributed by atoms with Crippen molar-refractivity contribution in [1.82, 2.24) is 15.1 Å².